The summed E-state index contributed by atoms with van der Waals surface area (Å²) < 4.78 is 0. The number of amides is 3. The van der Waals surface area contributed by atoms with Crippen molar-refractivity contribution in [1.29, 1.82) is 0 Å². The Morgan fingerprint density at radius 3 is 2.54 bits per heavy atom. The number of hydrogen-bond donors (Lipinski definition) is 5. The smallest absolute Gasteiger partial charge is 0.321 e. The van der Waals surface area contributed by atoms with Crippen LogP contribution in [0.15, 0.2) is 47.5 Å². The van der Waals surface area contributed by atoms with Gasteiger partial charge in [-0.3, -0.25) is 9.59 Å². The lowest BCUT2D eigenvalue weighted by Gasteiger charge is -2.24. The molecule has 3 amide bonds. The van der Waals surface area contributed by atoms with Crippen LogP contribution in [0.5, 0.6) is 0 Å². The molecule has 1 spiro atoms. The van der Waals surface area contributed by atoms with Crippen LogP contribution >= 0.6 is 0 Å². The van der Waals surface area contributed by atoms with E-state index in [0.29, 0.717) is 18.0 Å². The number of carbonyl (C=O) groups is 3. The number of ketones is 1. The first-order valence-electron chi connectivity index (χ1n) is 9.45. The van der Waals surface area contributed by atoms with Crippen LogP contribution in [0, 0.1) is 17.3 Å². The third kappa shape index (κ3) is 4.11. The molecule has 1 fully saturated rings. The zero-order valence-corrected chi connectivity index (χ0v) is 16.3. The fourth-order valence-electron chi connectivity index (χ4n) is 3.80. The van der Waals surface area contributed by atoms with Crippen LogP contribution < -0.4 is 27.0 Å². The summed E-state index contributed by atoms with van der Waals surface area (Å²) in [6.07, 6.45) is 8.54. The number of carbonyl (C=O) groups excluding carboxylic acids is 3. The molecule has 3 aliphatic rings. The van der Waals surface area contributed by atoms with Crippen LogP contribution in [0.3, 0.4) is 0 Å². The first-order valence-corrected chi connectivity index (χ1v) is 9.45. The van der Waals surface area contributed by atoms with Crippen LogP contribution in [0.2, 0.25) is 0 Å². The van der Waals surface area contributed by atoms with Crippen molar-refractivity contribution in [3.05, 3.63) is 47.5 Å². The Morgan fingerprint density at radius 2 is 1.93 bits per heavy atom. The van der Waals surface area contributed by atoms with Crippen LogP contribution in [-0.4, -0.2) is 24.0 Å². The van der Waals surface area contributed by atoms with E-state index in [2.05, 4.69) is 28.2 Å². The first-order chi connectivity index (χ1) is 13.2. The minimum absolute atomic E-state index is 0.173. The van der Waals surface area contributed by atoms with Gasteiger partial charge in [0.2, 0.25) is 11.7 Å². The van der Waals surface area contributed by atoms with Gasteiger partial charge in [-0.15, -0.1) is 0 Å². The van der Waals surface area contributed by atoms with E-state index in [9.17, 15) is 14.4 Å². The topological polar surface area (TPSA) is 125 Å². The predicted molar refractivity (Wildman–Crippen MR) is 105 cm³/mol. The van der Waals surface area contributed by atoms with E-state index < -0.39 is 12.3 Å². The molecule has 0 aromatic heterocycles. The van der Waals surface area contributed by atoms with Gasteiger partial charge in [-0.25, -0.2) is 4.79 Å². The molecule has 0 radical (unpaired) electrons. The fraction of sp³-hybridized carbons (Fsp3) is 0.450. The summed E-state index contributed by atoms with van der Waals surface area (Å²) in [7, 11) is 0. The quantitative estimate of drug-likeness (QED) is 0.498. The summed E-state index contributed by atoms with van der Waals surface area (Å²) in [6.45, 7) is 6.23. The van der Waals surface area contributed by atoms with Gasteiger partial charge in [0, 0.05) is 35.9 Å². The van der Waals surface area contributed by atoms with Gasteiger partial charge >= 0.3 is 6.03 Å². The highest BCUT2D eigenvalue weighted by Gasteiger charge is 2.52. The van der Waals surface area contributed by atoms with E-state index in [1.54, 1.807) is 18.4 Å². The minimum atomic E-state index is -0.959. The van der Waals surface area contributed by atoms with Gasteiger partial charge < -0.3 is 27.0 Å². The van der Waals surface area contributed by atoms with Gasteiger partial charge in [0.1, 0.15) is 0 Å². The second kappa shape index (κ2) is 7.53. The predicted octanol–water partition coefficient (Wildman–Crippen LogP) is 1.11. The molecule has 6 N–H and O–H groups in total. The zero-order chi connectivity index (χ0) is 20.5. The van der Waals surface area contributed by atoms with Crippen LogP contribution in [-0.2, 0) is 9.59 Å². The first kappa shape index (κ1) is 19.7. The molecule has 0 aromatic rings. The van der Waals surface area contributed by atoms with Crippen molar-refractivity contribution in [2.24, 2.45) is 23.0 Å². The number of urea groups is 1. The lowest BCUT2D eigenvalue weighted by molar-refractivity contribution is -0.118. The molecule has 150 valence electrons. The molecule has 2 aliphatic carbocycles. The molecule has 3 rings (SSSR count). The standard InChI is InChI=1S/C20H27N5O3/c1-11(2)14-9-17(27)24-18(23-15-5-4-13(21)8-16(15)26)25-19(28)22-7-6-20(14)10-12(20)3/h5-9,11-12,18,23H,4,10,21H2,1-3H3,(H,24,27)(H2,22,25,28)/b7-6+,14-9-. The molecule has 0 aromatic carbocycles. The van der Waals surface area contributed by atoms with E-state index in [0.717, 1.165) is 12.0 Å². The normalized spacial score (nSPS) is 33.4. The number of hydrogen-bond acceptors (Lipinski definition) is 5. The Balaban J connectivity index is 1.84. The van der Waals surface area contributed by atoms with Crippen molar-refractivity contribution in [3.8, 4) is 0 Å². The van der Waals surface area contributed by atoms with E-state index in [1.165, 1.54) is 6.08 Å². The Bertz CT molecular complexity index is 824. The summed E-state index contributed by atoms with van der Waals surface area (Å²) >= 11 is 0. The summed E-state index contributed by atoms with van der Waals surface area (Å²) in [5.41, 5.74) is 7.20. The number of allylic oxidation sites excluding steroid dienone is 4. The van der Waals surface area contributed by atoms with Crippen molar-refractivity contribution >= 4 is 17.7 Å². The van der Waals surface area contributed by atoms with Crippen molar-refractivity contribution in [2.75, 3.05) is 0 Å². The molecular formula is C20H27N5O3. The molecule has 3 unspecified atom stereocenters. The van der Waals surface area contributed by atoms with Crippen LogP contribution in [0.25, 0.3) is 0 Å². The van der Waals surface area contributed by atoms with Crippen LogP contribution in [0.4, 0.5) is 4.79 Å². The van der Waals surface area contributed by atoms with Gasteiger partial charge in [0.25, 0.3) is 0 Å². The highest BCUT2D eigenvalue weighted by Crippen LogP contribution is 2.60. The van der Waals surface area contributed by atoms with Crippen molar-refractivity contribution in [1.82, 2.24) is 21.3 Å². The van der Waals surface area contributed by atoms with Gasteiger partial charge in [0.15, 0.2) is 6.29 Å². The maximum Gasteiger partial charge on any atom is 0.321 e. The SMILES string of the molecule is CC(C)/C1=C/C(=O)NC(NC2=CCC(N)=CC2=O)NC(=O)N/C=C/C12CC2C. The zero-order valence-electron chi connectivity index (χ0n) is 16.3. The second-order valence-corrected chi connectivity index (χ2v) is 7.84. The fourth-order valence-corrected chi connectivity index (χ4v) is 3.80. The average Bonchev–Trinajstić information content (AvgIpc) is 3.25. The minimum Gasteiger partial charge on any atom is -0.402 e. The summed E-state index contributed by atoms with van der Waals surface area (Å²) in [6, 6.07) is -0.496. The Labute approximate surface area is 164 Å². The van der Waals surface area contributed by atoms with Gasteiger partial charge in [-0.2, -0.15) is 0 Å². The van der Waals surface area contributed by atoms with Gasteiger partial charge in [0.05, 0.1) is 5.70 Å². The maximum atomic E-state index is 12.7. The second-order valence-electron chi connectivity index (χ2n) is 7.84. The molecule has 8 heteroatoms. The number of nitrogens with two attached hydrogens (primary N) is 1. The number of rotatable bonds is 3. The highest BCUT2D eigenvalue weighted by molar-refractivity contribution is 6.04. The number of nitrogens with one attached hydrogen (secondary N) is 4. The highest BCUT2D eigenvalue weighted by atomic mass is 16.2. The Hall–Kier alpha value is -3.03. The average molecular weight is 385 g/mol. The van der Waals surface area contributed by atoms with E-state index >= 15 is 0 Å². The Morgan fingerprint density at radius 1 is 1.21 bits per heavy atom. The molecular weight excluding hydrogens is 358 g/mol. The molecule has 0 bridgehead atoms. The Kier molecular flexibility index (Phi) is 5.31. The van der Waals surface area contributed by atoms with E-state index in [-0.39, 0.29) is 28.7 Å². The molecule has 3 atom stereocenters. The molecule has 8 nitrogen and oxygen atoms in total. The van der Waals surface area contributed by atoms with Crippen LogP contribution in [0.1, 0.15) is 33.6 Å². The van der Waals surface area contributed by atoms with Crippen molar-refractivity contribution in [2.45, 2.75) is 39.9 Å². The third-order valence-electron chi connectivity index (χ3n) is 5.39. The molecule has 1 aliphatic heterocycles. The molecule has 1 heterocycles. The molecule has 1 saturated carbocycles. The molecule has 28 heavy (non-hydrogen) atoms. The van der Waals surface area contributed by atoms with Crippen molar-refractivity contribution in [3.63, 3.8) is 0 Å². The van der Waals surface area contributed by atoms with Gasteiger partial charge in [-0.1, -0.05) is 38.5 Å². The van der Waals surface area contributed by atoms with E-state index in [1.807, 2.05) is 19.9 Å². The lowest BCUT2D eigenvalue weighted by Crippen LogP contribution is -2.58. The van der Waals surface area contributed by atoms with Crippen molar-refractivity contribution < 1.29 is 14.4 Å². The third-order valence-corrected chi connectivity index (χ3v) is 5.39. The monoisotopic (exact) mass is 385 g/mol. The summed E-state index contributed by atoms with van der Waals surface area (Å²) in [4.78, 5) is 37.0. The molecule has 0 saturated heterocycles. The summed E-state index contributed by atoms with van der Waals surface area (Å²) in [5, 5.41) is 10.9. The van der Waals surface area contributed by atoms with E-state index in [4.69, 9.17) is 5.73 Å². The van der Waals surface area contributed by atoms with Gasteiger partial charge in [-0.05, 0) is 18.3 Å². The summed E-state index contributed by atoms with van der Waals surface area (Å²) in [5.74, 6) is -0.0771. The largest absolute Gasteiger partial charge is 0.402 e. The lowest BCUT2D eigenvalue weighted by atomic mass is 9.84. The maximum absolute atomic E-state index is 12.7.